The van der Waals surface area contributed by atoms with Gasteiger partial charge in [0.1, 0.15) is 0 Å². The Morgan fingerprint density at radius 3 is 2.22 bits per heavy atom. The number of carbonyl (C=O) groups excluding carboxylic acids is 1. The molecule has 1 unspecified atom stereocenters. The predicted octanol–water partition coefficient (Wildman–Crippen LogP) is 3.78. The molecular weight excluding hydrogens is 338 g/mol. The molecule has 3 rings (SSSR count). The highest BCUT2D eigenvalue weighted by Crippen LogP contribution is 2.19. The number of rotatable bonds is 6. The Labute approximate surface area is 159 Å². The van der Waals surface area contributed by atoms with Gasteiger partial charge >= 0.3 is 0 Å². The second-order valence-corrected chi connectivity index (χ2v) is 6.48. The molecule has 0 radical (unpaired) electrons. The van der Waals surface area contributed by atoms with Crippen LogP contribution in [0.4, 0.5) is 17.2 Å². The van der Waals surface area contributed by atoms with E-state index in [2.05, 4.69) is 20.8 Å². The average molecular weight is 361 g/mol. The zero-order valence-electron chi connectivity index (χ0n) is 15.7. The maximum atomic E-state index is 12.4. The summed E-state index contributed by atoms with van der Waals surface area (Å²) in [5.74, 6) is 0.334. The van der Waals surface area contributed by atoms with Crippen LogP contribution in [-0.2, 0) is 0 Å². The molecule has 2 aromatic carbocycles. The van der Waals surface area contributed by atoms with E-state index < -0.39 is 0 Å². The van der Waals surface area contributed by atoms with Gasteiger partial charge in [-0.3, -0.25) is 4.79 Å². The van der Waals surface area contributed by atoms with E-state index in [4.69, 9.17) is 0 Å². The van der Waals surface area contributed by atoms with E-state index in [-0.39, 0.29) is 17.6 Å². The summed E-state index contributed by atoms with van der Waals surface area (Å²) >= 11 is 0. The van der Waals surface area contributed by atoms with Crippen molar-refractivity contribution in [1.82, 2.24) is 15.5 Å². The van der Waals surface area contributed by atoms with Crippen molar-refractivity contribution in [3.05, 3.63) is 78.0 Å². The van der Waals surface area contributed by atoms with Gasteiger partial charge < -0.3 is 15.5 Å². The molecule has 0 saturated heterocycles. The summed E-state index contributed by atoms with van der Waals surface area (Å²) in [4.78, 5) is 14.4. The van der Waals surface area contributed by atoms with Gasteiger partial charge in [-0.1, -0.05) is 30.3 Å². The fourth-order valence-electron chi connectivity index (χ4n) is 2.61. The third-order valence-electron chi connectivity index (χ3n) is 4.20. The fraction of sp³-hybridized carbons (Fsp3) is 0.190. The van der Waals surface area contributed by atoms with Crippen LogP contribution in [0.15, 0.2) is 66.7 Å². The molecule has 138 valence electrons. The molecule has 2 N–H and O–H groups in total. The third-order valence-corrected chi connectivity index (χ3v) is 4.20. The fourth-order valence-corrected chi connectivity index (χ4v) is 2.61. The molecular formula is C21H23N5O. The lowest BCUT2D eigenvalue weighted by Gasteiger charge is -2.14. The van der Waals surface area contributed by atoms with Crippen LogP contribution in [-0.4, -0.2) is 30.2 Å². The van der Waals surface area contributed by atoms with Crippen molar-refractivity contribution in [3.8, 4) is 0 Å². The number of benzene rings is 2. The monoisotopic (exact) mass is 361 g/mol. The van der Waals surface area contributed by atoms with Crippen LogP contribution in [0.5, 0.6) is 0 Å². The highest BCUT2D eigenvalue weighted by atomic mass is 16.2. The van der Waals surface area contributed by atoms with Crippen molar-refractivity contribution in [2.45, 2.75) is 13.0 Å². The summed E-state index contributed by atoms with van der Waals surface area (Å²) in [5, 5.41) is 14.2. The maximum Gasteiger partial charge on any atom is 0.272 e. The summed E-state index contributed by atoms with van der Waals surface area (Å²) in [6.45, 7) is 1.94. The molecule has 6 heteroatoms. The second kappa shape index (κ2) is 8.31. The Morgan fingerprint density at radius 1 is 0.926 bits per heavy atom. The molecule has 0 aliphatic carbocycles. The molecule has 0 aliphatic heterocycles. The van der Waals surface area contributed by atoms with Gasteiger partial charge in [-0.25, -0.2) is 0 Å². The molecule has 0 fully saturated rings. The highest BCUT2D eigenvalue weighted by molar-refractivity contribution is 5.92. The van der Waals surface area contributed by atoms with Gasteiger partial charge in [0.15, 0.2) is 11.5 Å². The topological polar surface area (TPSA) is 70.2 Å². The minimum absolute atomic E-state index is 0.103. The molecule has 0 saturated carbocycles. The van der Waals surface area contributed by atoms with Gasteiger partial charge in [0.2, 0.25) is 0 Å². The van der Waals surface area contributed by atoms with E-state index in [1.807, 2.05) is 80.5 Å². The van der Waals surface area contributed by atoms with Gasteiger partial charge in [-0.2, -0.15) is 0 Å². The Balaban J connectivity index is 1.61. The standard InChI is InChI=1S/C21H23N5O/c1-15(16-7-5-4-6-8-16)22-21(27)19-13-14-20(25-24-19)23-17-9-11-18(12-10-17)26(2)3/h4-15H,1-3H3,(H,22,27)(H,23,25). The van der Waals surface area contributed by atoms with Crippen LogP contribution in [0.1, 0.15) is 29.0 Å². The van der Waals surface area contributed by atoms with E-state index in [1.165, 1.54) is 0 Å². The lowest BCUT2D eigenvalue weighted by atomic mass is 10.1. The summed E-state index contributed by atoms with van der Waals surface area (Å²) in [6.07, 6.45) is 0. The lowest BCUT2D eigenvalue weighted by molar-refractivity contribution is 0.0934. The molecule has 0 aliphatic rings. The molecule has 1 atom stereocenters. The molecule has 1 aromatic heterocycles. The molecule has 1 amide bonds. The number of hydrogen-bond donors (Lipinski definition) is 2. The molecule has 3 aromatic rings. The first-order chi connectivity index (χ1) is 13.0. The Bertz CT molecular complexity index is 877. The van der Waals surface area contributed by atoms with Gasteiger partial charge in [0, 0.05) is 25.5 Å². The smallest absolute Gasteiger partial charge is 0.272 e. The Hall–Kier alpha value is -3.41. The predicted molar refractivity (Wildman–Crippen MR) is 108 cm³/mol. The first-order valence-electron chi connectivity index (χ1n) is 8.77. The average Bonchev–Trinajstić information content (AvgIpc) is 2.69. The van der Waals surface area contributed by atoms with E-state index >= 15 is 0 Å². The molecule has 6 nitrogen and oxygen atoms in total. The normalized spacial score (nSPS) is 11.5. The van der Waals surface area contributed by atoms with Crippen LogP contribution in [0.25, 0.3) is 0 Å². The van der Waals surface area contributed by atoms with Crippen molar-refractivity contribution >= 4 is 23.1 Å². The molecule has 27 heavy (non-hydrogen) atoms. The molecule has 0 bridgehead atoms. The zero-order chi connectivity index (χ0) is 19.2. The first kappa shape index (κ1) is 18.4. The highest BCUT2D eigenvalue weighted by Gasteiger charge is 2.13. The number of aromatic nitrogens is 2. The van der Waals surface area contributed by atoms with Crippen LogP contribution in [0, 0.1) is 0 Å². The largest absolute Gasteiger partial charge is 0.378 e. The van der Waals surface area contributed by atoms with Crippen molar-refractivity contribution < 1.29 is 4.79 Å². The minimum Gasteiger partial charge on any atom is -0.378 e. The summed E-state index contributed by atoms with van der Waals surface area (Å²) in [5.41, 5.74) is 3.35. The number of nitrogens with one attached hydrogen (secondary N) is 2. The summed E-state index contributed by atoms with van der Waals surface area (Å²) < 4.78 is 0. The minimum atomic E-state index is -0.249. The number of carbonyl (C=O) groups is 1. The van der Waals surface area contributed by atoms with Crippen molar-refractivity contribution in [1.29, 1.82) is 0 Å². The third kappa shape index (κ3) is 4.82. The van der Waals surface area contributed by atoms with E-state index in [9.17, 15) is 4.79 Å². The van der Waals surface area contributed by atoms with E-state index in [0.29, 0.717) is 5.82 Å². The SMILES string of the molecule is CC(NC(=O)c1ccc(Nc2ccc(N(C)C)cc2)nn1)c1ccccc1. The van der Waals surface area contributed by atoms with E-state index in [1.54, 1.807) is 12.1 Å². The quantitative estimate of drug-likeness (QED) is 0.699. The van der Waals surface area contributed by atoms with Crippen molar-refractivity contribution in [2.75, 3.05) is 24.3 Å². The summed E-state index contributed by atoms with van der Waals surface area (Å²) in [7, 11) is 3.99. The maximum absolute atomic E-state index is 12.4. The molecule has 0 spiro atoms. The number of anilines is 3. The lowest BCUT2D eigenvalue weighted by Crippen LogP contribution is -2.27. The Kier molecular flexibility index (Phi) is 5.66. The van der Waals surface area contributed by atoms with Gasteiger partial charge in [-0.05, 0) is 48.9 Å². The number of hydrogen-bond acceptors (Lipinski definition) is 5. The van der Waals surface area contributed by atoms with Crippen molar-refractivity contribution in [3.63, 3.8) is 0 Å². The van der Waals surface area contributed by atoms with Crippen molar-refractivity contribution in [2.24, 2.45) is 0 Å². The van der Waals surface area contributed by atoms with Crippen LogP contribution >= 0.6 is 0 Å². The Morgan fingerprint density at radius 2 is 1.63 bits per heavy atom. The number of amides is 1. The van der Waals surface area contributed by atoms with Gasteiger partial charge in [0.25, 0.3) is 5.91 Å². The van der Waals surface area contributed by atoms with Crippen LogP contribution in [0.3, 0.4) is 0 Å². The number of nitrogens with zero attached hydrogens (tertiary/aromatic N) is 3. The summed E-state index contributed by atoms with van der Waals surface area (Å²) in [6, 6.07) is 21.1. The zero-order valence-corrected chi connectivity index (χ0v) is 15.7. The van der Waals surface area contributed by atoms with E-state index in [0.717, 1.165) is 16.9 Å². The van der Waals surface area contributed by atoms with Crippen LogP contribution < -0.4 is 15.5 Å². The van der Waals surface area contributed by atoms with Gasteiger partial charge in [0.05, 0.1) is 6.04 Å². The molecule has 1 heterocycles. The first-order valence-corrected chi connectivity index (χ1v) is 8.77. The second-order valence-electron chi connectivity index (χ2n) is 6.48. The van der Waals surface area contributed by atoms with Gasteiger partial charge in [-0.15, -0.1) is 10.2 Å². The van der Waals surface area contributed by atoms with Crippen LogP contribution in [0.2, 0.25) is 0 Å².